The van der Waals surface area contributed by atoms with Crippen molar-refractivity contribution in [3.05, 3.63) is 24.3 Å². The van der Waals surface area contributed by atoms with E-state index in [1.807, 2.05) is 24.3 Å². The first-order valence-corrected chi connectivity index (χ1v) is 7.55. The van der Waals surface area contributed by atoms with E-state index in [4.69, 9.17) is 4.74 Å². The Hall–Kier alpha value is -1.67. The number of rotatable bonds is 6. The Morgan fingerprint density at radius 1 is 1.50 bits per heavy atom. The van der Waals surface area contributed by atoms with Crippen LogP contribution in [0.5, 0.6) is 5.75 Å². The molecule has 1 fully saturated rings. The van der Waals surface area contributed by atoms with Gasteiger partial charge in [-0.25, -0.2) is 0 Å². The Morgan fingerprint density at radius 3 is 2.65 bits per heavy atom. The van der Waals surface area contributed by atoms with E-state index in [2.05, 4.69) is 11.4 Å². The summed E-state index contributed by atoms with van der Waals surface area (Å²) in [4.78, 5) is 12.9. The molecule has 0 spiro atoms. The van der Waals surface area contributed by atoms with E-state index in [1.54, 1.807) is 14.0 Å². The number of nitriles is 1. The minimum absolute atomic E-state index is 0.0956. The van der Waals surface area contributed by atoms with Crippen LogP contribution >= 0.6 is 11.8 Å². The number of amides is 1. The maximum Gasteiger partial charge on any atom is 0.231 e. The molecular formula is C15H18N2O2S. The number of benzene rings is 1. The largest absolute Gasteiger partial charge is 0.497 e. The summed E-state index contributed by atoms with van der Waals surface area (Å²) in [7, 11) is 1.62. The number of methoxy groups -OCH3 is 1. The van der Waals surface area contributed by atoms with E-state index in [0.29, 0.717) is 11.7 Å². The zero-order chi connectivity index (χ0) is 14.6. The molecule has 2 rings (SSSR count). The van der Waals surface area contributed by atoms with Crippen molar-refractivity contribution in [3.63, 3.8) is 0 Å². The van der Waals surface area contributed by atoms with Crippen LogP contribution in [-0.4, -0.2) is 24.3 Å². The average Bonchev–Trinajstić information content (AvgIpc) is 3.30. The Morgan fingerprint density at radius 2 is 2.15 bits per heavy atom. The summed E-state index contributed by atoms with van der Waals surface area (Å²) in [5.41, 5.74) is -0.711. The highest BCUT2D eigenvalue weighted by Gasteiger charge is 2.42. The summed E-state index contributed by atoms with van der Waals surface area (Å²) in [5.74, 6) is 1.32. The summed E-state index contributed by atoms with van der Waals surface area (Å²) in [6.45, 7) is 1.81. The molecule has 1 aliphatic rings. The van der Waals surface area contributed by atoms with Crippen LogP contribution in [0.4, 0.5) is 0 Å². The number of carbonyl (C=O) groups excluding carboxylic acids is 1. The molecule has 1 aliphatic carbocycles. The van der Waals surface area contributed by atoms with Gasteiger partial charge in [0.2, 0.25) is 5.91 Å². The summed E-state index contributed by atoms with van der Waals surface area (Å²) >= 11 is 1.45. The number of ether oxygens (including phenoxy) is 1. The van der Waals surface area contributed by atoms with Gasteiger partial charge in [0.15, 0.2) is 0 Å². The van der Waals surface area contributed by atoms with Gasteiger partial charge in [-0.15, -0.1) is 11.8 Å². The number of hydrogen-bond donors (Lipinski definition) is 1. The van der Waals surface area contributed by atoms with Gasteiger partial charge < -0.3 is 10.1 Å². The smallest absolute Gasteiger partial charge is 0.231 e. The molecule has 0 saturated heterocycles. The monoisotopic (exact) mass is 290 g/mol. The average molecular weight is 290 g/mol. The van der Waals surface area contributed by atoms with Crippen LogP contribution in [0.3, 0.4) is 0 Å². The van der Waals surface area contributed by atoms with Crippen LogP contribution in [0.25, 0.3) is 0 Å². The van der Waals surface area contributed by atoms with E-state index in [9.17, 15) is 10.1 Å². The predicted molar refractivity (Wildman–Crippen MR) is 78.6 cm³/mol. The molecule has 0 bridgehead atoms. The van der Waals surface area contributed by atoms with E-state index >= 15 is 0 Å². The number of nitrogens with zero attached hydrogens (tertiary/aromatic N) is 1. The second-order valence-corrected chi connectivity index (χ2v) is 6.15. The summed E-state index contributed by atoms with van der Waals surface area (Å²) in [6, 6.07) is 9.79. The minimum Gasteiger partial charge on any atom is -0.497 e. The van der Waals surface area contributed by atoms with Crippen LogP contribution in [0, 0.1) is 17.2 Å². The lowest BCUT2D eigenvalue weighted by Crippen LogP contribution is -2.47. The predicted octanol–water partition coefficient (Wildman–Crippen LogP) is 2.60. The summed E-state index contributed by atoms with van der Waals surface area (Å²) in [6.07, 6.45) is 2.05. The molecule has 106 valence electrons. The standard InChI is InChI=1S/C15H18N2O2S/c1-15(10-16,11-3-4-11)17-14(18)9-20-13-7-5-12(19-2)6-8-13/h5-8,11H,3-4,9H2,1-2H3,(H,17,18). The molecule has 1 aromatic rings. The van der Waals surface area contributed by atoms with E-state index in [1.165, 1.54) is 11.8 Å². The summed E-state index contributed by atoms with van der Waals surface area (Å²) < 4.78 is 5.08. The number of hydrogen-bond acceptors (Lipinski definition) is 4. The first-order chi connectivity index (χ1) is 9.57. The highest BCUT2D eigenvalue weighted by molar-refractivity contribution is 8.00. The molecular weight excluding hydrogens is 272 g/mol. The number of thioether (sulfide) groups is 1. The first-order valence-electron chi connectivity index (χ1n) is 6.56. The van der Waals surface area contributed by atoms with Crippen molar-refractivity contribution >= 4 is 17.7 Å². The normalized spacial score (nSPS) is 16.9. The van der Waals surface area contributed by atoms with Gasteiger partial charge in [-0.05, 0) is 49.9 Å². The third-order valence-electron chi connectivity index (χ3n) is 3.45. The van der Waals surface area contributed by atoms with Gasteiger partial charge in [0.1, 0.15) is 11.3 Å². The third kappa shape index (κ3) is 3.67. The third-order valence-corrected chi connectivity index (χ3v) is 4.47. The van der Waals surface area contributed by atoms with Gasteiger partial charge in [-0.2, -0.15) is 5.26 Å². The quantitative estimate of drug-likeness (QED) is 0.818. The van der Waals surface area contributed by atoms with Gasteiger partial charge in [-0.3, -0.25) is 4.79 Å². The fourth-order valence-electron chi connectivity index (χ4n) is 2.03. The lowest BCUT2D eigenvalue weighted by Gasteiger charge is -2.22. The molecule has 0 radical (unpaired) electrons. The summed E-state index contributed by atoms with van der Waals surface area (Å²) in [5, 5.41) is 12.1. The van der Waals surface area contributed by atoms with Crippen molar-refractivity contribution in [1.29, 1.82) is 5.26 Å². The molecule has 1 atom stereocenters. The van der Waals surface area contributed by atoms with Gasteiger partial charge in [0, 0.05) is 4.90 Å². The molecule has 1 N–H and O–H groups in total. The van der Waals surface area contributed by atoms with E-state index < -0.39 is 5.54 Å². The van der Waals surface area contributed by atoms with Crippen molar-refractivity contribution in [2.45, 2.75) is 30.2 Å². The first kappa shape index (κ1) is 14.7. The SMILES string of the molecule is COc1ccc(SCC(=O)NC(C)(C#N)C2CC2)cc1. The Labute approximate surface area is 123 Å². The molecule has 0 aliphatic heterocycles. The molecule has 4 nitrogen and oxygen atoms in total. The molecule has 1 aromatic carbocycles. The topological polar surface area (TPSA) is 62.1 Å². The molecule has 0 heterocycles. The molecule has 20 heavy (non-hydrogen) atoms. The van der Waals surface area contributed by atoms with Crippen LogP contribution in [0.1, 0.15) is 19.8 Å². The van der Waals surface area contributed by atoms with Crippen LogP contribution < -0.4 is 10.1 Å². The molecule has 5 heteroatoms. The van der Waals surface area contributed by atoms with Gasteiger partial charge >= 0.3 is 0 Å². The lowest BCUT2D eigenvalue weighted by molar-refractivity contribution is -0.119. The fourth-order valence-corrected chi connectivity index (χ4v) is 2.73. The van der Waals surface area contributed by atoms with Crippen molar-refractivity contribution in [1.82, 2.24) is 5.32 Å². The van der Waals surface area contributed by atoms with Crippen LogP contribution in [0.15, 0.2) is 29.2 Å². The zero-order valence-corrected chi connectivity index (χ0v) is 12.5. The molecule has 1 amide bonds. The van der Waals surface area contributed by atoms with Crippen molar-refractivity contribution in [2.24, 2.45) is 5.92 Å². The second-order valence-electron chi connectivity index (χ2n) is 5.10. The Balaban J connectivity index is 1.84. The van der Waals surface area contributed by atoms with E-state index in [-0.39, 0.29) is 5.91 Å². The number of carbonyl (C=O) groups is 1. The fraction of sp³-hybridized carbons (Fsp3) is 0.467. The van der Waals surface area contributed by atoms with E-state index in [0.717, 1.165) is 23.5 Å². The van der Waals surface area contributed by atoms with Gasteiger partial charge in [0.25, 0.3) is 0 Å². The Kier molecular flexibility index (Phi) is 4.56. The van der Waals surface area contributed by atoms with Gasteiger partial charge in [-0.1, -0.05) is 0 Å². The highest BCUT2D eigenvalue weighted by atomic mass is 32.2. The lowest BCUT2D eigenvalue weighted by atomic mass is 9.98. The molecule has 1 unspecified atom stereocenters. The van der Waals surface area contributed by atoms with Crippen LogP contribution in [0.2, 0.25) is 0 Å². The Bertz CT molecular complexity index is 520. The van der Waals surface area contributed by atoms with Gasteiger partial charge in [0.05, 0.1) is 18.9 Å². The maximum atomic E-state index is 11.9. The van der Waals surface area contributed by atoms with Crippen LogP contribution in [-0.2, 0) is 4.79 Å². The highest BCUT2D eigenvalue weighted by Crippen LogP contribution is 2.39. The second kappa shape index (κ2) is 6.19. The minimum atomic E-state index is -0.711. The number of nitrogens with one attached hydrogen (secondary N) is 1. The molecule has 0 aromatic heterocycles. The van der Waals surface area contributed by atoms with Crippen molar-refractivity contribution in [3.8, 4) is 11.8 Å². The van der Waals surface area contributed by atoms with Crippen molar-refractivity contribution < 1.29 is 9.53 Å². The maximum absolute atomic E-state index is 11.9. The molecule has 1 saturated carbocycles. The zero-order valence-electron chi connectivity index (χ0n) is 11.7. The van der Waals surface area contributed by atoms with Crippen molar-refractivity contribution in [2.75, 3.05) is 12.9 Å².